The molecule has 0 amide bonds. The van der Waals surface area contributed by atoms with Gasteiger partial charge in [-0.2, -0.15) is 4.98 Å². The normalized spacial score (nSPS) is 11.1. The molecule has 0 bridgehead atoms. The van der Waals surface area contributed by atoms with Gasteiger partial charge >= 0.3 is 11.7 Å². The molecule has 2 N–H and O–H groups in total. The standard InChI is InChI=1S/C29H22N6O5/c1-2-39-28-32-23-5-3-4-21(27(36)37)25(23)35(28)16-17-6-8-18(9-7-17)22-14-19(24-15-30-12-13-31-24)10-11-20(22)26-33-29(38)40-34-26/h3-15H,2,16H2,1H3,(H,36,37)(H,33,34,38). The lowest BCUT2D eigenvalue weighted by atomic mass is 9.95. The molecule has 0 saturated heterocycles. The number of ether oxygens (including phenoxy) is 1. The number of rotatable bonds is 8. The summed E-state index contributed by atoms with van der Waals surface area (Å²) in [4.78, 5) is 39.3. The van der Waals surface area contributed by atoms with Crippen LogP contribution in [0.15, 0.2) is 88.6 Å². The molecule has 0 aliphatic rings. The molecular weight excluding hydrogens is 512 g/mol. The van der Waals surface area contributed by atoms with Crippen molar-refractivity contribution in [3.63, 3.8) is 0 Å². The van der Waals surface area contributed by atoms with Crippen LogP contribution in [0.3, 0.4) is 0 Å². The minimum absolute atomic E-state index is 0.152. The van der Waals surface area contributed by atoms with Gasteiger partial charge in [-0.3, -0.25) is 24.0 Å². The summed E-state index contributed by atoms with van der Waals surface area (Å²) < 4.78 is 12.3. The summed E-state index contributed by atoms with van der Waals surface area (Å²) >= 11 is 0. The van der Waals surface area contributed by atoms with Crippen LogP contribution in [0.4, 0.5) is 0 Å². The number of carbonyl (C=O) groups is 1. The molecule has 0 aliphatic carbocycles. The van der Waals surface area contributed by atoms with E-state index in [4.69, 9.17) is 9.26 Å². The third-order valence-corrected chi connectivity index (χ3v) is 6.42. The zero-order valence-electron chi connectivity index (χ0n) is 21.2. The van der Waals surface area contributed by atoms with E-state index in [1.54, 1.807) is 41.4 Å². The molecule has 40 heavy (non-hydrogen) atoms. The van der Waals surface area contributed by atoms with Crippen LogP contribution in [0, 0.1) is 0 Å². The van der Waals surface area contributed by atoms with Crippen LogP contribution in [0.2, 0.25) is 0 Å². The SMILES string of the molecule is CCOc1nc2cccc(C(=O)O)c2n1Cc1ccc(-c2cc(-c3cnccn3)ccc2-c2noc(=O)[nH]2)cc1. The summed E-state index contributed by atoms with van der Waals surface area (Å²) in [6, 6.07) is 18.8. The van der Waals surface area contributed by atoms with Crippen LogP contribution in [0.25, 0.3) is 44.8 Å². The van der Waals surface area contributed by atoms with Gasteiger partial charge in [-0.15, -0.1) is 0 Å². The lowest BCUT2D eigenvalue weighted by Gasteiger charge is -2.13. The summed E-state index contributed by atoms with van der Waals surface area (Å²) in [6.45, 7) is 2.59. The van der Waals surface area contributed by atoms with E-state index >= 15 is 0 Å². The number of carboxylic acids is 1. The van der Waals surface area contributed by atoms with Crippen LogP contribution in [-0.2, 0) is 6.54 Å². The molecule has 0 saturated carbocycles. The van der Waals surface area contributed by atoms with Gasteiger partial charge in [-0.1, -0.05) is 41.6 Å². The molecule has 6 aromatic rings. The minimum Gasteiger partial charge on any atom is -0.478 e. The number of aromatic amines is 1. The zero-order valence-corrected chi connectivity index (χ0v) is 21.2. The number of aromatic nitrogens is 6. The predicted molar refractivity (Wildman–Crippen MR) is 146 cm³/mol. The van der Waals surface area contributed by atoms with E-state index in [0.29, 0.717) is 47.3 Å². The predicted octanol–water partition coefficient (Wildman–Crippen LogP) is 4.65. The summed E-state index contributed by atoms with van der Waals surface area (Å²) in [6.07, 6.45) is 4.91. The van der Waals surface area contributed by atoms with Crippen molar-refractivity contribution < 1.29 is 19.2 Å². The molecule has 198 valence electrons. The van der Waals surface area contributed by atoms with Crippen LogP contribution in [0.5, 0.6) is 6.01 Å². The number of para-hydroxylation sites is 1. The van der Waals surface area contributed by atoms with Crippen molar-refractivity contribution >= 4 is 17.0 Å². The smallest absolute Gasteiger partial charge is 0.439 e. The maximum absolute atomic E-state index is 11.9. The number of carboxylic acid groups (broad SMARTS) is 1. The second-order valence-corrected chi connectivity index (χ2v) is 8.88. The topological polar surface area (TPSA) is 149 Å². The maximum Gasteiger partial charge on any atom is 0.439 e. The van der Waals surface area contributed by atoms with Gasteiger partial charge in [0.2, 0.25) is 0 Å². The van der Waals surface area contributed by atoms with E-state index < -0.39 is 11.7 Å². The average molecular weight is 535 g/mol. The Morgan fingerprint density at radius 2 is 1.88 bits per heavy atom. The first-order valence-corrected chi connectivity index (χ1v) is 12.4. The molecule has 3 aromatic heterocycles. The Kier molecular flexibility index (Phi) is 6.37. The molecule has 0 aliphatic heterocycles. The van der Waals surface area contributed by atoms with Crippen LogP contribution < -0.4 is 10.5 Å². The summed E-state index contributed by atoms with van der Waals surface area (Å²) in [7, 11) is 0. The number of nitrogens with zero attached hydrogens (tertiary/aromatic N) is 5. The van der Waals surface area contributed by atoms with Gasteiger partial charge in [-0.05, 0) is 47.9 Å². The molecule has 0 atom stereocenters. The molecule has 11 heteroatoms. The number of benzene rings is 3. The number of nitrogens with one attached hydrogen (secondary N) is 1. The Hall–Kier alpha value is -5.58. The van der Waals surface area contributed by atoms with Crippen LogP contribution in [0.1, 0.15) is 22.8 Å². The van der Waals surface area contributed by atoms with Crippen molar-refractivity contribution in [1.82, 2.24) is 29.7 Å². The van der Waals surface area contributed by atoms with Crippen LogP contribution in [-0.4, -0.2) is 47.3 Å². The lowest BCUT2D eigenvalue weighted by molar-refractivity contribution is 0.0698. The second kappa shape index (κ2) is 10.3. The highest BCUT2D eigenvalue weighted by atomic mass is 16.5. The molecule has 3 aromatic carbocycles. The Balaban J connectivity index is 1.41. The van der Waals surface area contributed by atoms with E-state index in [0.717, 1.165) is 22.3 Å². The number of hydrogen-bond acceptors (Lipinski definition) is 8. The fraction of sp³-hybridized carbons (Fsp3) is 0.103. The van der Waals surface area contributed by atoms with Crippen molar-refractivity contribution in [3.05, 3.63) is 101 Å². The van der Waals surface area contributed by atoms with Gasteiger partial charge in [0.15, 0.2) is 5.82 Å². The summed E-state index contributed by atoms with van der Waals surface area (Å²) in [5.74, 6) is -1.37. The van der Waals surface area contributed by atoms with Crippen molar-refractivity contribution in [1.29, 1.82) is 0 Å². The van der Waals surface area contributed by atoms with Gasteiger partial charge in [-0.25, -0.2) is 9.59 Å². The van der Waals surface area contributed by atoms with Crippen molar-refractivity contribution in [3.8, 4) is 39.8 Å². The molecule has 6 rings (SSSR count). The van der Waals surface area contributed by atoms with Crippen molar-refractivity contribution in [2.75, 3.05) is 6.61 Å². The number of imidazole rings is 1. The third-order valence-electron chi connectivity index (χ3n) is 6.42. The first-order chi connectivity index (χ1) is 19.5. The van der Waals surface area contributed by atoms with Gasteiger partial charge in [0.25, 0.3) is 6.01 Å². The molecule has 0 radical (unpaired) electrons. The number of hydrogen-bond donors (Lipinski definition) is 2. The molecular formula is C29H22N6O5. The Morgan fingerprint density at radius 3 is 2.58 bits per heavy atom. The number of aromatic carboxylic acids is 1. The van der Waals surface area contributed by atoms with Gasteiger partial charge in [0.05, 0.1) is 41.6 Å². The van der Waals surface area contributed by atoms with Crippen molar-refractivity contribution in [2.24, 2.45) is 0 Å². The van der Waals surface area contributed by atoms with Gasteiger partial charge < -0.3 is 9.84 Å². The minimum atomic E-state index is -1.04. The maximum atomic E-state index is 11.9. The summed E-state index contributed by atoms with van der Waals surface area (Å²) in [5, 5.41) is 13.7. The molecule has 0 spiro atoms. The average Bonchev–Trinajstić information content (AvgIpc) is 3.57. The van der Waals surface area contributed by atoms with Crippen molar-refractivity contribution in [2.45, 2.75) is 13.5 Å². The van der Waals surface area contributed by atoms with E-state index in [1.165, 1.54) is 0 Å². The van der Waals surface area contributed by atoms with E-state index in [-0.39, 0.29) is 5.56 Å². The second-order valence-electron chi connectivity index (χ2n) is 8.88. The molecule has 0 unspecified atom stereocenters. The monoisotopic (exact) mass is 534 g/mol. The van der Waals surface area contributed by atoms with Gasteiger partial charge in [0.1, 0.15) is 0 Å². The molecule has 11 nitrogen and oxygen atoms in total. The van der Waals surface area contributed by atoms with Gasteiger partial charge in [0, 0.05) is 23.5 Å². The molecule has 0 fully saturated rings. The fourth-order valence-corrected chi connectivity index (χ4v) is 4.64. The third kappa shape index (κ3) is 4.60. The Bertz CT molecular complexity index is 1890. The van der Waals surface area contributed by atoms with E-state index in [9.17, 15) is 14.7 Å². The number of fused-ring (bicyclic) bond motifs is 1. The quantitative estimate of drug-likeness (QED) is 0.284. The first kappa shape index (κ1) is 24.7. The summed E-state index contributed by atoms with van der Waals surface area (Å²) in [5.41, 5.74) is 5.99. The fourth-order valence-electron chi connectivity index (χ4n) is 4.64. The zero-order chi connectivity index (χ0) is 27.6. The number of H-pyrrole nitrogens is 1. The van der Waals surface area contributed by atoms with E-state index in [1.807, 2.05) is 49.4 Å². The Morgan fingerprint density at radius 1 is 1.05 bits per heavy atom. The highest BCUT2D eigenvalue weighted by Gasteiger charge is 2.19. The molecule has 3 heterocycles. The van der Waals surface area contributed by atoms with Crippen LogP contribution >= 0.6 is 0 Å². The first-order valence-electron chi connectivity index (χ1n) is 12.4. The highest BCUT2D eigenvalue weighted by Crippen LogP contribution is 2.34. The van der Waals surface area contributed by atoms with E-state index in [2.05, 4.69) is 25.1 Å². The lowest BCUT2D eigenvalue weighted by Crippen LogP contribution is -2.08. The largest absolute Gasteiger partial charge is 0.478 e. The Labute approximate surface area is 226 Å². The highest BCUT2D eigenvalue weighted by molar-refractivity contribution is 6.01.